The molecule has 4 rings (SSSR count). The molecule has 1 unspecified atom stereocenters. The van der Waals surface area contributed by atoms with Crippen molar-refractivity contribution in [2.45, 2.75) is 13.0 Å². The molecule has 4 aromatic rings. The van der Waals surface area contributed by atoms with Crippen molar-refractivity contribution in [2.24, 2.45) is 0 Å². The molecule has 0 bridgehead atoms. The lowest BCUT2D eigenvalue weighted by Crippen LogP contribution is -2.31. The summed E-state index contributed by atoms with van der Waals surface area (Å²) in [6, 6.07) is 19.7. The van der Waals surface area contributed by atoms with E-state index in [2.05, 4.69) is 15.6 Å². The van der Waals surface area contributed by atoms with Gasteiger partial charge >= 0.3 is 0 Å². The molecule has 1 aromatic heterocycles. The standard InChI is InChI=1S/C24H21F2N3OS/c1-14(15-6-4-3-5-7-15)27-24(31)29-22-11-16(8-9-23(22)30-2)20-12-17-10-18(25)19(26)13-21(17)28-20/h3-14,28H,1-2H3,(H2,27,29,31). The number of nitrogens with one attached hydrogen (secondary N) is 3. The molecule has 0 saturated carbocycles. The van der Waals surface area contributed by atoms with E-state index in [9.17, 15) is 8.78 Å². The van der Waals surface area contributed by atoms with Crippen LogP contribution in [-0.4, -0.2) is 17.2 Å². The second-order valence-electron chi connectivity index (χ2n) is 7.18. The zero-order valence-electron chi connectivity index (χ0n) is 17.0. The number of thiocarbonyl (C=S) groups is 1. The summed E-state index contributed by atoms with van der Waals surface area (Å²) < 4.78 is 32.6. The minimum atomic E-state index is -0.887. The molecule has 158 valence electrons. The molecule has 0 saturated heterocycles. The van der Waals surface area contributed by atoms with E-state index >= 15 is 0 Å². The molecular weight excluding hydrogens is 416 g/mol. The molecule has 4 nitrogen and oxygen atoms in total. The van der Waals surface area contributed by atoms with Crippen molar-refractivity contribution in [3.63, 3.8) is 0 Å². The van der Waals surface area contributed by atoms with Gasteiger partial charge in [-0.15, -0.1) is 0 Å². The van der Waals surface area contributed by atoms with Crippen molar-refractivity contribution >= 4 is 33.9 Å². The summed E-state index contributed by atoms with van der Waals surface area (Å²) >= 11 is 5.49. The van der Waals surface area contributed by atoms with Crippen LogP contribution in [0.15, 0.2) is 66.7 Å². The number of hydrogen-bond donors (Lipinski definition) is 3. The average molecular weight is 438 g/mol. The van der Waals surface area contributed by atoms with Gasteiger partial charge in [0.05, 0.1) is 18.8 Å². The highest BCUT2D eigenvalue weighted by Gasteiger charge is 2.13. The van der Waals surface area contributed by atoms with E-state index in [1.54, 1.807) is 13.2 Å². The summed E-state index contributed by atoms with van der Waals surface area (Å²) in [5.74, 6) is -1.14. The van der Waals surface area contributed by atoms with Crippen molar-refractivity contribution in [3.8, 4) is 17.0 Å². The molecule has 0 aliphatic carbocycles. The Bertz CT molecular complexity index is 1200. The van der Waals surface area contributed by atoms with Gasteiger partial charge in [-0.2, -0.15) is 0 Å². The number of aromatic amines is 1. The molecule has 0 aliphatic rings. The number of H-pyrrole nitrogens is 1. The summed E-state index contributed by atoms with van der Waals surface area (Å²) in [7, 11) is 1.58. The van der Waals surface area contributed by atoms with Crippen LogP contribution in [0.25, 0.3) is 22.2 Å². The minimum absolute atomic E-state index is 0.0221. The Morgan fingerprint density at radius 2 is 1.74 bits per heavy atom. The van der Waals surface area contributed by atoms with Crippen LogP contribution in [0.4, 0.5) is 14.5 Å². The number of hydrogen-bond acceptors (Lipinski definition) is 2. The van der Waals surface area contributed by atoms with Crippen LogP contribution < -0.4 is 15.4 Å². The fraction of sp³-hybridized carbons (Fsp3) is 0.125. The molecule has 1 atom stereocenters. The average Bonchev–Trinajstić information content (AvgIpc) is 3.17. The number of anilines is 1. The van der Waals surface area contributed by atoms with E-state index in [-0.39, 0.29) is 6.04 Å². The Morgan fingerprint density at radius 1 is 1.00 bits per heavy atom. The van der Waals surface area contributed by atoms with Gasteiger partial charge in [-0.1, -0.05) is 30.3 Å². The molecule has 0 spiro atoms. The van der Waals surface area contributed by atoms with Crippen LogP contribution in [-0.2, 0) is 0 Å². The molecule has 0 fully saturated rings. The highest BCUT2D eigenvalue weighted by atomic mass is 32.1. The molecule has 0 aliphatic heterocycles. The van der Waals surface area contributed by atoms with Crippen LogP contribution in [0.2, 0.25) is 0 Å². The quantitative estimate of drug-likeness (QED) is 0.327. The molecule has 1 heterocycles. The van der Waals surface area contributed by atoms with Gasteiger partial charge < -0.3 is 20.4 Å². The summed E-state index contributed by atoms with van der Waals surface area (Å²) in [6.07, 6.45) is 0. The van der Waals surface area contributed by atoms with Gasteiger partial charge in [0.1, 0.15) is 5.75 Å². The third-order valence-corrected chi connectivity index (χ3v) is 5.29. The second-order valence-corrected chi connectivity index (χ2v) is 7.59. The zero-order chi connectivity index (χ0) is 22.0. The molecular formula is C24H21F2N3OS. The highest BCUT2D eigenvalue weighted by Crippen LogP contribution is 2.32. The van der Waals surface area contributed by atoms with Crippen LogP contribution in [0.5, 0.6) is 5.75 Å². The van der Waals surface area contributed by atoms with E-state index in [0.29, 0.717) is 27.5 Å². The first-order valence-corrected chi connectivity index (χ1v) is 10.1. The van der Waals surface area contributed by atoms with E-state index in [1.807, 2.05) is 55.5 Å². The first-order chi connectivity index (χ1) is 14.9. The summed E-state index contributed by atoms with van der Waals surface area (Å²) in [5, 5.41) is 7.49. The van der Waals surface area contributed by atoms with Crippen LogP contribution in [0.3, 0.4) is 0 Å². The third-order valence-electron chi connectivity index (χ3n) is 5.07. The SMILES string of the molecule is COc1ccc(-c2cc3cc(F)c(F)cc3[nH]2)cc1NC(=S)NC(C)c1ccccc1. The monoisotopic (exact) mass is 437 g/mol. The van der Waals surface area contributed by atoms with Crippen LogP contribution >= 0.6 is 12.2 Å². The normalized spacial score (nSPS) is 11.9. The lowest BCUT2D eigenvalue weighted by atomic mass is 10.1. The van der Waals surface area contributed by atoms with E-state index in [1.165, 1.54) is 6.07 Å². The van der Waals surface area contributed by atoms with Gasteiger partial charge in [-0.25, -0.2) is 8.78 Å². The van der Waals surface area contributed by atoms with Crippen molar-refractivity contribution < 1.29 is 13.5 Å². The summed E-state index contributed by atoms with van der Waals surface area (Å²) in [4.78, 5) is 3.13. The Kier molecular flexibility index (Phi) is 5.86. The number of rotatable bonds is 5. The first-order valence-electron chi connectivity index (χ1n) is 9.73. The predicted molar refractivity (Wildman–Crippen MR) is 124 cm³/mol. The molecule has 3 N–H and O–H groups in total. The van der Waals surface area contributed by atoms with Crippen LogP contribution in [0, 0.1) is 11.6 Å². The van der Waals surface area contributed by atoms with Gasteiger partial charge in [0.15, 0.2) is 16.7 Å². The fourth-order valence-corrected chi connectivity index (χ4v) is 3.72. The van der Waals surface area contributed by atoms with E-state index in [4.69, 9.17) is 17.0 Å². The molecule has 31 heavy (non-hydrogen) atoms. The second kappa shape index (κ2) is 8.73. The van der Waals surface area contributed by atoms with Gasteiger partial charge in [0, 0.05) is 28.2 Å². The lowest BCUT2D eigenvalue weighted by molar-refractivity contribution is 0.417. The number of methoxy groups -OCH3 is 1. The van der Waals surface area contributed by atoms with Gasteiger partial charge in [0.25, 0.3) is 0 Å². The minimum Gasteiger partial charge on any atom is -0.495 e. The van der Waals surface area contributed by atoms with Crippen molar-refractivity contribution in [1.29, 1.82) is 0 Å². The lowest BCUT2D eigenvalue weighted by Gasteiger charge is -2.19. The zero-order valence-corrected chi connectivity index (χ0v) is 17.8. The van der Waals surface area contributed by atoms with Gasteiger partial charge in [0.2, 0.25) is 0 Å². The van der Waals surface area contributed by atoms with Crippen LogP contribution in [0.1, 0.15) is 18.5 Å². The van der Waals surface area contributed by atoms with Gasteiger partial charge in [-0.05, 0) is 55.0 Å². The number of benzene rings is 3. The summed E-state index contributed by atoms with van der Waals surface area (Å²) in [5.41, 5.74) is 3.85. The van der Waals surface area contributed by atoms with Crippen molar-refractivity contribution in [3.05, 3.63) is 83.9 Å². The van der Waals surface area contributed by atoms with Gasteiger partial charge in [-0.3, -0.25) is 0 Å². The summed E-state index contributed by atoms with van der Waals surface area (Å²) in [6.45, 7) is 2.03. The largest absolute Gasteiger partial charge is 0.495 e. The maximum absolute atomic E-state index is 13.6. The highest BCUT2D eigenvalue weighted by molar-refractivity contribution is 7.80. The van der Waals surface area contributed by atoms with E-state index < -0.39 is 11.6 Å². The Balaban J connectivity index is 1.58. The predicted octanol–water partition coefficient (Wildman–Crippen LogP) is 6.17. The number of fused-ring (bicyclic) bond motifs is 1. The Labute approximate surface area is 184 Å². The maximum Gasteiger partial charge on any atom is 0.171 e. The number of aromatic nitrogens is 1. The maximum atomic E-state index is 13.6. The van der Waals surface area contributed by atoms with Crippen molar-refractivity contribution in [1.82, 2.24) is 10.3 Å². The number of halogens is 2. The molecule has 0 radical (unpaired) electrons. The van der Waals surface area contributed by atoms with Crippen molar-refractivity contribution in [2.75, 3.05) is 12.4 Å². The topological polar surface area (TPSA) is 49.1 Å². The Morgan fingerprint density at radius 3 is 2.48 bits per heavy atom. The third kappa shape index (κ3) is 4.51. The first kappa shape index (κ1) is 20.8. The molecule has 3 aromatic carbocycles. The molecule has 7 heteroatoms. The molecule has 0 amide bonds. The number of ether oxygens (including phenoxy) is 1. The fourth-order valence-electron chi connectivity index (χ4n) is 3.44. The van der Waals surface area contributed by atoms with E-state index in [0.717, 1.165) is 22.9 Å². The Hall–Kier alpha value is -3.45. The smallest absolute Gasteiger partial charge is 0.171 e.